The van der Waals surface area contributed by atoms with Crippen molar-refractivity contribution in [3.8, 4) is 5.75 Å². The molecule has 0 saturated carbocycles. The Labute approximate surface area is 190 Å². The smallest absolute Gasteiger partial charge is 0.387 e. The molecule has 6 nitrogen and oxygen atoms in total. The molecule has 0 radical (unpaired) electrons. The van der Waals surface area contributed by atoms with Crippen LogP contribution in [0.15, 0.2) is 47.5 Å². The second-order valence-electron chi connectivity index (χ2n) is 5.79. The Hall–Kier alpha value is -2.14. The van der Waals surface area contributed by atoms with Crippen LogP contribution in [0, 0.1) is 0 Å². The van der Waals surface area contributed by atoms with Crippen LogP contribution >= 0.6 is 35.6 Å². The van der Waals surface area contributed by atoms with Crippen LogP contribution in [0.3, 0.4) is 0 Å². The van der Waals surface area contributed by atoms with Crippen LogP contribution in [0.4, 0.5) is 14.5 Å². The van der Waals surface area contributed by atoms with E-state index in [1.54, 1.807) is 19.2 Å². The van der Waals surface area contributed by atoms with Gasteiger partial charge in [0.25, 0.3) is 0 Å². The van der Waals surface area contributed by atoms with Crippen molar-refractivity contribution in [2.75, 3.05) is 12.4 Å². The second-order valence-corrected chi connectivity index (χ2v) is 6.23. The molecule has 158 valence electrons. The first-order chi connectivity index (χ1) is 13.4. The number of carbonyl (C=O) groups excluding carboxylic acids is 1. The Kier molecular flexibility index (Phi) is 10.7. The van der Waals surface area contributed by atoms with E-state index in [9.17, 15) is 13.6 Å². The Morgan fingerprint density at radius 2 is 1.90 bits per heavy atom. The Balaban J connectivity index is 0.00000420. The fourth-order valence-electron chi connectivity index (χ4n) is 2.44. The fraction of sp³-hybridized carbons (Fsp3) is 0.263. The van der Waals surface area contributed by atoms with Crippen LogP contribution in [0.5, 0.6) is 5.75 Å². The summed E-state index contributed by atoms with van der Waals surface area (Å²) in [6.45, 7) is -0.844. The van der Waals surface area contributed by atoms with Gasteiger partial charge in [0.05, 0.1) is 0 Å². The van der Waals surface area contributed by atoms with Gasteiger partial charge in [0.1, 0.15) is 5.75 Å². The lowest BCUT2D eigenvalue weighted by Gasteiger charge is -2.15. The van der Waals surface area contributed by atoms with Gasteiger partial charge in [-0.05, 0) is 35.9 Å². The van der Waals surface area contributed by atoms with Crippen LogP contribution in [0.1, 0.15) is 18.1 Å². The lowest BCUT2D eigenvalue weighted by molar-refractivity contribution is -0.114. The Morgan fingerprint density at radius 3 is 2.55 bits per heavy atom. The zero-order valence-electron chi connectivity index (χ0n) is 15.8. The van der Waals surface area contributed by atoms with Gasteiger partial charge in [0.15, 0.2) is 5.96 Å². The van der Waals surface area contributed by atoms with Crippen molar-refractivity contribution in [1.82, 2.24) is 10.6 Å². The highest BCUT2D eigenvalue weighted by atomic mass is 127. The third-order valence-electron chi connectivity index (χ3n) is 3.62. The number of halogens is 4. The molecule has 10 heteroatoms. The molecule has 0 fully saturated rings. The van der Waals surface area contributed by atoms with E-state index in [4.69, 9.17) is 11.6 Å². The molecule has 0 spiro atoms. The van der Waals surface area contributed by atoms with E-state index in [1.165, 1.54) is 19.1 Å². The summed E-state index contributed by atoms with van der Waals surface area (Å²) in [6.07, 6.45) is 0. The number of nitrogens with zero attached hydrogens (tertiary/aromatic N) is 1. The van der Waals surface area contributed by atoms with E-state index in [2.05, 4.69) is 25.7 Å². The minimum Gasteiger partial charge on any atom is -0.434 e. The van der Waals surface area contributed by atoms with Crippen LogP contribution in [0.2, 0.25) is 5.02 Å². The number of alkyl halides is 2. The number of nitrogens with one attached hydrogen (secondary N) is 3. The maximum Gasteiger partial charge on any atom is 0.387 e. The second kappa shape index (κ2) is 12.4. The molecule has 2 aromatic carbocycles. The summed E-state index contributed by atoms with van der Waals surface area (Å²) in [5.41, 5.74) is 2.10. The van der Waals surface area contributed by atoms with Crippen molar-refractivity contribution in [2.24, 2.45) is 4.99 Å². The third kappa shape index (κ3) is 8.82. The third-order valence-corrected chi connectivity index (χ3v) is 3.85. The zero-order valence-corrected chi connectivity index (χ0v) is 18.9. The molecular weight excluding hydrogens is 517 g/mol. The minimum absolute atomic E-state index is 0. The van der Waals surface area contributed by atoms with Crippen LogP contribution in [-0.2, 0) is 17.9 Å². The molecule has 2 aromatic rings. The van der Waals surface area contributed by atoms with Crippen LogP contribution in [0.25, 0.3) is 0 Å². The first-order valence-corrected chi connectivity index (χ1v) is 8.79. The SMILES string of the molecule is CN=C(NCc1cccc(NC(C)=O)c1)NCc1cc(Cl)ccc1OC(F)F.I. The Bertz CT molecular complexity index is 853. The number of hydrogen-bond acceptors (Lipinski definition) is 3. The summed E-state index contributed by atoms with van der Waals surface area (Å²) in [7, 11) is 1.59. The molecule has 29 heavy (non-hydrogen) atoms. The summed E-state index contributed by atoms with van der Waals surface area (Å²) in [5, 5.41) is 9.28. The van der Waals surface area contributed by atoms with Crippen molar-refractivity contribution >= 4 is 53.1 Å². The summed E-state index contributed by atoms with van der Waals surface area (Å²) in [5.74, 6) is 0.365. The first-order valence-electron chi connectivity index (χ1n) is 8.41. The number of rotatable bonds is 7. The van der Waals surface area contributed by atoms with E-state index in [1.807, 2.05) is 18.2 Å². The number of guanidine groups is 1. The van der Waals surface area contributed by atoms with Gasteiger partial charge in [0.2, 0.25) is 5.91 Å². The van der Waals surface area contributed by atoms with E-state index in [-0.39, 0.29) is 42.2 Å². The highest BCUT2D eigenvalue weighted by molar-refractivity contribution is 14.0. The molecule has 0 heterocycles. The summed E-state index contributed by atoms with van der Waals surface area (Å²) < 4.78 is 29.6. The molecule has 0 aliphatic carbocycles. The zero-order chi connectivity index (χ0) is 20.5. The number of aliphatic imine (C=N–C) groups is 1. The number of amides is 1. The van der Waals surface area contributed by atoms with E-state index in [0.717, 1.165) is 5.56 Å². The average Bonchev–Trinajstić information content (AvgIpc) is 2.63. The van der Waals surface area contributed by atoms with Gasteiger partial charge >= 0.3 is 6.61 Å². The van der Waals surface area contributed by atoms with E-state index in [0.29, 0.717) is 28.8 Å². The average molecular weight is 539 g/mol. The molecule has 0 atom stereocenters. The highest BCUT2D eigenvalue weighted by Gasteiger charge is 2.11. The van der Waals surface area contributed by atoms with E-state index >= 15 is 0 Å². The van der Waals surface area contributed by atoms with Gasteiger partial charge in [-0.2, -0.15) is 8.78 Å². The summed E-state index contributed by atoms with van der Waals surface area (Å²) in [4.78, 5) is 15.3. The minimum atomic E-state index is -2.92. The quantitative estimate of drug-likeness (QED) is 0.278. The van der Waals surface area contributed by atoms with Crippen molar-refractivity contribution in [3.63, 3.8) is 0 Å². The molecule has 0 aromatic heterocycles. The van der Waals surface area contributed by atoms with Crippen LogP contribution < -0.4 is 20.7 Å². The maximum atomic E-state index is 12.5. The molecule has 0 unspecified atom stereocenters. The van der Waals surface area contributed by atoms with Gasteiger partial charge in [-0.1, -0.05) is 23.7 Å². The Morgan fingerprint density at radius 1 is 1.17 bits per heavy atom. The van der Waals surface area contributed by atoms with Crippen molar-refractivity contribution in [3.05, 3.63) is 58.6 Å². The highest BCUT2D eigenvalue weighted by Crippen LogP contribution is 2.24. The molecule has 0 aliphatic rings. The molecule has 3 N–H and O–H groups in total. The van der Waals surface area contributed by atoms with Crippen LogP contribution in [-0.4, -0.2) is 25.5 Å². The van der Waals surface area contributed by atoms with Gasteiger partial charge in [-0.15, -0.1) is 24.0 Å². The molecule has 2 rings (SSSR count). The lowest BCUT2D eigenvalue weighted by atomic mass is 10.2. The van der Waals surface area contributed by atoms with Crippen molar-refractivity contribution in [2.45, 2.75) is 26.6 Å². The maximum absolute atomic E-state index is 12.5. The van der Waals surface area contributed by atoms with Gasteiger partial charge in [0, 0.05) is 43.3 Å². The number of benzene rings is 2. The van der Waals surface area contributed by atoms with Crippen molar-refractivity contribution < 1.29 is 18.3 Å². The van der Waals surface area contributed by atoms with Gasteiger partial charge < -0.3 is 20.7 Å². The van der Waals surface area contributed by atoms with Gasteiger partial charge in [-0.25, -0.2) is 0 Å². The predicted octanol–water partition coefficient (Wildman–Crippen LogP) is 4.38. The lowest BCUT2D eigenvalue weighted by Crippen LogP contribution is -2.36. The topological polar surface area (TPSA) is 74.8 Å². The molecule has 0 saturated heterocycles. The molecular formula is C19H22ClF2IN4O2. The van der Waals surface area contributed by atoms with Gasteiger partial charge in [-0.3, -0.25) is 9.79 Å². The van der Waals surface area contributed by atoms with Crippen molar-refractivity contribution in [1.29, 1.82) is 0 Å². The number of hydrogen-bond donors (Lipinski definition) is 3. The molecule has 0 bridgehead atoms. The standard InChI is InChI=1S/C19H21ClF2N4O2.HI/c1-12(27)26-16-5-3-4-13(8-16)10-24-19(23-2)25-11-14-9-15(20)6-7-17(14)28-18(21)22;/h3-9,18H,10-11H2,1-2H3,(H,26,27)(H2,23,24,25);1H. The monoisotopic (exact) mass is 538 g/mol. The molecule has 1 amide bonds. The summed E-state index contributed by atoms with van der Waals surface area (Å²) >= 11 is 5.95. The number of ether oxygens (including phenoxy) is 1. The summed E-state index contributed by atoms with van der Waals surface area (Å²) in [6, 6.07) is 11.8. The number of carbonyl (C=O) groups is 1. The van der Waals surface area contributed by atoms with E-state index < -0.39 is 6.61 Å². The normalized spacial score (nSPS) is 10.9. The fourth-order valence-corrected chi connectivity index (χ4v) is 2.64. The largest absolute Gasteiger partial charge is 0.434 e. The number of anilines is 1. The molecule has 0 aliphatic heterocycles. The predicted molar refractivity (Wildman–Crippen MR) is 121 cm³/mol. The first kappa shape index (κ1) is 24.9.